The van der Waals surface area contributed by atoms with E-state index < -0.39 is 109 Å². The molecule has 0 saturated carbocycles. The van der Waals surface area contributed by atoms with E-state index in [-0.39, 0.29) is 22.4 Å². The molecule has 16 nitrogen and oxygen atoms in total. The minimum atomic E-state index is -1.50. The van der Waals surface area contributed by atoms with Crippen molar-refractivity contribution in [2.75, 3.05) is 56.7 Å². The second kappa shape index (κ2) is 20.0. The van der Waals surface area contributed by atoms with Crippen LogP contribution < -0.4 is 0 Å². The van der Waals surface area contributed by atoms with Crippen LogP contribution in [0.2, 0.25) is 0 Å². The first kappa shape index (κ1) is 41.3. The van der Waals surface area contributed by atoms with Gasteiger partial charge in [0.2, 0.25) is 0 Å². The maximum atomic E-state index is 10.3. The molecule has 0 radical (unpaired) electrons. The van der Waals surface area contributed by atoms with Crippen LogP contribution in [-0.2, 0) is 36.6 Å². The van der Waals surface area contributed by atoms with Gasteiger partial charge >= 0.3 is 22.4 Å². The molecule has 3 aliphatic rings. The number of nitrogens with zero attached hydrogens (tertiary/aromatic N) is 1. The summed E-state index contributed by atoms with van der Waals surface area (Å²) in [5.41, 5.74) is -2.74. The predicted molar refractivity (Wildman–Crippen MR) is 155 cm³/mol. The summed E-state index contributed by atoms with van der Waals surface area (Å²) in [5.74, 6) is 1.16. The van der Waals surface area contributed by atoms with Gasteiger partial charge in [-0.3, -0.25) is 0 Å². The fourth-order valence-corrected chi connectivity index (χ4v) is 8.37. The molecule has 3 heterocycles. The molecule has 0 amide bonds. The number of hydrogen-bond acceptors (Lipinski definition) is 19. The van der Waals surface area contributed by atoms with E-state index in [2.05, 4.69) is 0 Å². The third-order valence-electron chi connectivity index (χ3n) is 7.61. The molecule has 0 spiro atoms. The summed E-state index contributed by atoms with van der Waals surface area (Å²) in [6, 6.07) is 0. The molecule has 0 aromatic carbocycles. The van der Waals surface area contributed by atoms with E-state index in [1.165, 1.54) is 35.3 Å². The minimum Gasteiger partial charge on any atom is -0.394 e. The van der Waals surface area contributed by atoms with E-state index in [1.54, 1.807) is 0 Å². The Kier molecular flexibility index (Phi) is 18.8. The molecule has 0 aromatic heterocycles. The fraction of sp³-hybridized carbons (Fsp3) is 1.00. The quantitative estimate of drug-likeness (QED) is 0.0688. The maximum Gasteiger partial charge on any atom is 1.00 e. The summed E-state index contributed by atoms with van der Waals surface area (Å²) in [5, 5.41) is 119. The van der Waals surface area contributed by atoms with Gasteiger partial charge in [0.05, 0.1) is 19.8 Å². The molecule has 3 aliphatic heterocycles. The van der Waals surface area contributed by atoms with Crippen LogP contribution >= 0.6 is 35.3 Å². The molecule has 15 atom stereocenters. The molecule has 3 rings (SSSR count). The van der Waals surface area contributed by atoms with Crippen LogP contribution in [0.5, 0.6) is 0 Å². The molecule has 0 aromatic rings. The van der Waals surface area contributed by atoms with Crippen LogP contribution in [-0.4, -0.2) is 212 Å². The zero-order valence-electron chi connectivity index (χ0n) is 23.6. The average Bonchev–Trinajstić information content (AvgIpc) is 3.00. The van der Waals surface area contributed by atoms with Crippen molar-refractivity contribution in [3.8, 4) is 0 Å². The maximum absolute atomic E-state index is 10.3. The summed E-state index contributed by atoms with van der Waals surface area (Å²) in [6.45, 7) is -0.367. The third kappa shape index (κ3) is 10.6. The van der Waals surface area contributed by atoms with Gasteiger partial charge in [-0.1, -0.05) is 0 Å². The van der Waals surface area contributed by atoms with E-state index >= 15 is 0 Å². The summed E-state index contributed by atoms with van der Waals surface area (Å²) in [7, 11) is 0. The van der Waals surface area contributed by atoms with E-state index in [9.17, 15) is 61.3 Å². The van der Waals surface area contributed by atoms with Crippen molar-refractivity contribution in [3.05, 3.63) is 0 Å². The summed E-state index contributed by atoms with van der Waals surface area (Å²) >= 11 is 3.52. The standard InChI is InChI=1S/C24H45NO15S3.Ag/c26-7-10-13(29)16(32)19(35)22(38-10)41-4-1-25(2-5-42-23-20(36)17(33)14(30)11(8-27)39-23)3-6-43-24-21(37)18(34)15(31)12(9-28)40-24;/h10-24,26-37H,1-9H2;/q;+1/t10-,11-,12-,13-,14-,15-,16+,17+,18+,19-,20-,21-,22+,23+,24+;/m1./s1. The van der Waals surface area contributed by atoms with Gasteiger partial charge in [-0.2, -0.15) is 0 Å². The Labute approximate surface area is 283 Å². The Bertz CT molecular complexity index is 714. The first-order valence-corrected chi connectivity index (χ1v) is 17.1. The van der Waals surface area contributed by atoms with E-state index in [0.717, 1.165) is 0 Å². The van der Waals surface area contributed by atoms with Gasteiger partial charge in [0, 0.05) is 36.9 Å². The second-order valence-corrected chi connectivity index (χ2v) is 14.2. The van der Waals surface area contributed by atoms with Gasteiger partial charge in [-0.15, -0.1) is 35.3 Å². The van der Waals surface area contributed by atoms with Crippen LogP contribution in [0.3, 0.4) is 0 Å². The topological polar surface area (TPSA) is 274 Å². The number of aliphatic hydroxyl groups excluding tert-OH is 12. The van der Waals surface area contributed by atoms with Gasteiger partial charge < -0.3 is 80.4 Å². The Morgan fingerprint density at radius 1 is 0.409 bits per heavy atom. The molecule has 0 unspecified atom stereocenters. The molecule has 264 valence electrons. The molecule has 3 saturated heterocycles. The summed E-state index contributed by atoms with van der Waals surface area (Å²) < 4.78 is 16.6. The van der Waals surface area contributed by atoms with Crippen LogP contribution in [0.1, 0.15) is 0 Å². The number of thioether (sulfide) groups is 3. The van der Waals surface area contributed by atoms with Crippen LogP contribution in [0.25, 0.3) is 0 Å². The SMILES string of the molecule is OC[C@H]1O[C@@H](SCCN(CCS[C@@H]2O[C@H](CO)[C@@H](O)[C@H](O)[C@H]2O)CCS[C@@H]2O[C@H](CO)[C@@H](O)[C@H](O)[C@H]2O)[C@H](O)[C@@H](O)[C@@H]1O.[Ag+]. The van der Waals surface area contributed by atoms with Gasteiger partial charge in [0.1, 0.15) is 89.6 Å². The zero-order chi connectivity index (χ0) is 31.8. The molecule has 3 fully saturated rings. The molecule has 12 N–H and O–H groups in total. The second-order valence-electron chi connectivity index (χ2n) is 10.5. The molecular formula is C24H45AgNO15S3+. The number of aliphatic hydroxyl groups is 12. The van der Waals surface area contributed by atoms with Gasteiger partial charge in [-0.05, 0) is 0 Å². The molecule has 44 heavy (non-hydrogen) atoms. The van der Waals surface area contributed by atoms with Crippen molar-refractivity contribution in [1.29, 1.82) is 0 Å². The average molecular weight is 792 g/mol. The Morgan fingerprint density at radius 3 is 0.886 bits per heavy atom. The van der Waals surface area contributed by atoms with Gasteiger partial charge in [0.25, 0.3) is 0 Å². The van der Waals surface area contributed by atoms with Gasteiger partial charge in [-0.25, -0.2) is 0 Å². The zero-order valence-corrected chi connectivity index (χ0v) is 27.5. The predicted octanol–water partition coefficient (Wildman–Crippen LogP) is -6.11. The first-order chi connectivity index (χ1) is 20.4. The largest absolute Gasteiger partial charge is 1.00 e. The fourth-order valence-electron chi connectivity index (χ4n) is 4.84. The van der Waals surface area contributed by atoms with Crippen LogP contribution in [0, 0.1) is 0 Å². The smallest absolute Gasteiger partial charge is 0.394 e. The number of ether oxygens (including phenoxy) is 3. The minimum absolute atomic E-state index is 0. The first-order valence-electron chi connectivity index (χ1n) is 13.9. The molecule has 20 heteroatoms. The summed E-state index contributed by atoms with van der Waals surface area (Å²) in [4.78, 5) is 1.99. The molecule has 0 bridgehead atoms. The Balaban J connectivity index is 0.00000675. The van der Waals surface area contributed by atoms with Crippen molar-refractivity contribution in [1.82, 2.24) is 4.90 Å². The Hall–Kier alpha value is 1.15. The Morgan fingerprint density at radius 2 is 0.659 bits per heavy atom. The molecule has 0 aliphatic carbocycles. The van der Waals surface area contributed by atoms with Crippen molar-refractivity contribution in [2.24, 2.45) is 0 Å². The van der Waals surface area contributed by atoms with Gasteiger partial charge in [0.15, 0.2) is 0 Å². The van der Waals surface area contributed by atoms with Crippen molar-refractivity contribution in [2.45, 2.75) is 89.6 Å². The normalized spacial score (nSPS) is 43.2. The van der Waals surface area contributed by atoms with E-state index in [0.29, 0.717) is 36.9 Å². The number of rotatable bonds is 15. The monoisotopic (exact) mass is 790 g/mol. The van der Waals surface area contributed by atoms with E-state index in [4.69, 9.17) is 14.2 Å². The molecular weight excluding hydrogens is 746 g/mol. The van der Waals surface area contributed by atoms with Crippen molar-refractivity contribution >= 4 is 35.3 Å². The summed E-state index contributed by atoms with van der Waals surface area (Å²) in [6.07, 6.45) is -16.1. The number of hydrogen-bond donors (Lipinski definition) is 12. The van der Waals surface area contributed by atoms with Crippen LogP contribution in [0.15, 0.2) is 0 Å². The third-order valence-corrected chi connectivity index (χ3v) is 11.0. The van der Waals surface area contributed by atoms with Crippen molar-refractivity contribution in [3.63, 3.8) is 0 Å². The van der Waals surface area contributed by atoms with Crippen LogP contribution in [0.4, 0.5) is 0 Å². The van der Waals surface area contributed by atoms with Crippen molar-refractivity contribution < 1.29 is 97.9 Å². The van der Waals surface area contributed by atoms with E-state index in [1.807, 2.05) is 4.90 Å².